The van der Waals surface area contributed by atoms with Crippen molar-refractivity contribution in [2.75, 3.05) is 25.0 Å². The largest absolute Gasteiger partial charge is 0.338 e. The number of carbonyl (C=O) groups is 2. The van der Waals surface area contributed by atoms with Crippen molar-refractivity contribution < 1.29 is 18.0 Å². The molecule has 0 bridgehead atoms. The third-order valence-electron chi connectivity index (χ3n) is 5.21. The van der Waals surface area contributed by atoms with Gasteiger partial charge in [0, 0.05) is 25.8 Å². The molecule has 1 saturated heterocycles. The van der Waals surface area contributed by atoms with Crippen molar-refractivity contribution in [3.63, 3.8) is 0 Å². The van der Waals surface area contributed by atoms with E-state index in [2.05, 4.69) is 5.32 Å². The second-order valence-corrected chi connectivity index (χ2v) is 8.83. The summed E-state index contributed by atoms with van der Waals surface area (Å²) in [7, 11) is -2.09. The van der Waals surface area contributed by atoms with Crippen LogP contribution in [-0.2, 0) is 21.2 Å². The van der Waals surface area contributed by atoms with E-state index in [9.17, 15) is 18.0 Å². The van der Waals surface area contributed by atoms with Gasteiger partial charge in [-0.3, -0.25) is 4.79 Å². The number of benzene rings is 2. The number of primary sulfonamides is 1. The van der Waals surface area contributed by atoms with Crippen LogP contribution in [0.15, 0.2) is 59.5 Å². The lowest BCUT2D eigenvalue weighted by molar-refractivity contribution is -0.123. The van der Waals surface area contributed by atoms with Gasteiger partial charge in [0.15, 0.2) is 0 Å². The van der Waals surface area contributed by atoms with Gasteiger partial charge >= 0.3 is 6.03 Å². The van der Waals surface area contributed by atoms with Gasteiger partial charge in [-0.2, -0.15) is 0 Å². The van der Waals surface area contributed by atoms with E-state index < -0.39 is 16.1 Å². The van der Waals surface area contributed by atoms with Crippen molar-refractivity contribution in [3.05, 3.63) is 60.2 Å². The minimum Gasteiger partial charge on any atom is -0.338 e. The lowest BCUT2D eigenvalue weighted by Crippen LogP contribution is -2.55. The molecule has 1 heterocycles. The fourth-order valence-electron chi connectivity index (χ4n) is 3.51. The van der Waals surface area contributed by atoms with Crippen LogP contribution in [0.1, 0.15) is 18.4 Å². The molecule has 1 aliphatic rings. The number of hydrogen-bond acceptors (Lipinski definition) is 4. The number of nitrogens with one attached hydrogen (secondary N) is 1. The summed E-state index contributed by atoms with van der Waals surface area (Å²) >= 11 is 0. The number of hydrogen-bond donors (Lipinski definition) is 2. The molecule has 3 amide bonds. The van der Waals surface area contributed by atoms with Crippen LogP contribution < -0.4 is 15.4 Å². The Morgan fingerprint density at radius 1 is 1.17 bits per heavy atom. The zero-order chi connectivity index (χ0) is 21.7. The number of amides is 3. The fourth-order valence-corrected chi connectivity index (χ4v) is 4.02. The summed E-state index contributed by atoms with van der Waals surface area (Å²) in [5.74, 6) is -0.0799. The number of piperidine rings is 1. The highest BCUT2D eigenvalue weighted by atomic mass is 32.2. The molecular weight excluding hydrogens is 404 g/mol. The molecule has 8 nitrogen and oxygen atoms in total. The maximum atomic E-state index is 12.9. The molecule has 1 atom stereocenters. The molecule has 0 spiro atoms. The summed E-state index contributed by atoms with van der Waals surface area (Å²) in [6.45, 7) is 1.00. The van der Waals surface area contributed by atoms with Crippen LogP contribution in [0.5, 0.6) is 0 Å². The van der Waals surface area contributed by atoms with Crippen LogP contribution in [-0.4, -0.2) is 51.4 Å². The summed E-state index contributed by atoms with van der Waals surface area (Å²) in [6.07, 6.45) is 1.97. The predicted molar refractivity (Wildman–Crippen MR) is 114 cm³/mol. The molecule has 1 unspecified atom stereocenters. The third-order valence-corrected chi connectivity index (χ3v) is 6.14. The molecule has 0 radical (unpaired) electrons. The molecular formula is C21H26N4O4S. The zero-order valence-electron chi connectivity index (χ0n) is 16.8. The Bertz CT molecular complexity index is 993. The predicted octanol–water partition coefficient (Wildman–Crippen LogP) is 1.71. The number of likely N-dealkylation sites (N-methyl/N-ethyl adjacent to an activating group) is 1. The van der Waals surface area contributed by atoms with Gasteiger partial charge in [0.25, 0.3) is 0 Å². The Kier molecular flexibility index (Phi) is 6.73. The number of anilines is 1. The molecule has 0 aliphatic carbocycles. The van der Waals surface area contributed by atoms with E-state index in [1.807, 2.05) is 30.3 Å². The minimum absolute atomic E-state index is 0.0498. The molecule has 3 N–H and O–H groups in total. The van der Waals surface area contributed by atoms with Crippen molar-refractivity contribution >= 4 is 27.6 Å². The summed E-state index contributed by atoms with van der Waals surface area (Å²) in [5.41, 5.74) is 1.71. The average Bonchev–Trinajstić information content (AvgIpc) is 2.73. The molecule has 2 aromatic rings. The molecule has 160 valence electrons. The van der Waals surface area contributed by atoms with Crippen LogP contribution in [0, 0.1) is 0 Å². The lowest BCUT2D eigenvalue weighted by Gasteiger charge is -2.36. The summed E-state index contributed by atoms with van der Waals surface area (Å²) in [6, 6.07) is 14.8. The topological polar surface area (TPSA) is 113 Å². The molecule has 0 saturated carbocycles. The Hall–Kier alpha value is -2.91. The van der Waals surface area contributed by atoms with Crippen LogP contribution in [0.4, 0.5) is 10.5 Å². The maximum absolute atomic E-state index is 12.9. The first kappa shape index (κ1) is 21.8. The van der Waals surface area contributed by atoms with Crippen molar-refractivity contribution in [2.45, 2.75) is 30.2 Å². The van der Waals surface area contributed by atoms with Crippen molar-refractivity contribution in [3.8, 4) is 0 Å². The number of urea groups is 1. The second-order valence-electron chi connectivity index (χ2n) is 7.27. The second kappa shape index (κ2) is 9.27. The van der Waals surface area contributed by atoms with Gasteiger partial charge in [0.1, 0.15) is 6.04 Å². The van der Waals surface area contributed by atoms with E-state index in [0.717, 1.165) is 17.7 Å². The van der Waals surface area contributed by atoms with Gasteiger partial charge in [-0.25, -0.2) is 18.4 Å². The monoisotopic (exact) mass is 430 g/mol. The number of para-hydroxylation sites is 1. The maximum Gasteiger partial charge on any atom is 0.317 e. The lowest BCUT2D eigenvalue weighted by atomic mass is 10.0. The Labute approximate surface area is 176 Å². The first-order valence-corrected chi connectivity index (χ1v) is 11.3. The Morgan fingerprint density at radius 3 is 2.47 bits per heavy atom. The van der Waals surface area contributed by atoms with Crippen LogP contribution in [0.25, 0.3) is 0 Å². The number of nitrogens with two attached hydrogens (primary N) is 1. The van der Waals surface area contributed by atoms with E-state index >= 15 is 0 Å². The minimum atomic E-state index is -3.72. The summed E-state index contributed by atoms with van der Waals surface area (Å²) in [5, 5.41) is 7.91. The van der Waals surface area contributed by atoms with E-state index in [1.165, 1.54) is 17.0 Å². The molecule has 9 heteroatoms. The quantitative estimate of drug-likeness (QED) is 0.726. The number of nitrogens with zero attached hydrogens (tertiary/aromatic N) is 2. The fraction of sp³-hybridized carbons (Fsp3) is 0.333. The first-order chi connectivity index (χ1) is 14.3. The summed E-state index contributed by atoms with van der Waals surface area (Å²) in [4.78, 5) is 28.7. The van der Waals surface area contributed by atoms with Gasteiger partial charge in [0.2, 0.25) is 15.9 Å². The van der Waals surface area contributed by atoms with Gasteiger partial charge in [-0.15, -0.1) is 0 Å². The molecule has 2 aromatic carbocycles. The van der Waals surface area contributed by atoms with E-state index in [1.54, 1.807) is 24.1 Å². The van der Waals surface area contributed by atoms with E-state index in [4.69, 9.17) is 5.14 Å². The molecule has 1 aliphatic heterocycles. The normalized spacial score (nSPS) is 16.9. The van der Waals surface area contributed by atoms with Crippen molar-refractivity contribution in [1.29, 1.82) is 0 Å². The van der Waals surface area contributed by atoms with Gasteiger partial charge in [0.05, 0.1) is 4.90 Å². The number of sulfonamides is 1. The van der Waals surface area contributed by atoms with Gasteiger partial charge in [-0.05, 0) is 49.1 Å². The van der Waals surface area contributed by atoms with Gasteiger partial charge < -0.3 is 15.1 Å². The van der Waals surface area contributed by atoms with Crippen LogP contribution in [0.2, 0.25) is 0 Å². The zero-order valence-corrected chi connectivity index (χ0v) is 17.6. The van der Waals surface area contributed by atoms with E-state index in [0.29, 0.717) is 25.9 Å². The highest BCUT2D eigenvalue weighted by Crippen LogP contribution is 2.23. The molecule has 1 fully saturated rings. The Morgan fingerprint density at radius 2 is 1.83 bits per heavy atom. The van der Waals surface area contributed by atoms with Crippen LogP contribution in [0.3, 0.4) is 0 Å². The first-order valence-electron chi connectivity index (χ1n) is 9.76. The number of rotatable bonds is 6. The molecule has 30 heavy (non-hydrogen) atoms. The average molecular weight is 431 g/mol. The van der Waals surface area contributed by atoms with E-state index in [-0.39, 0.29) is 16.8 Å². The van der Waals surface area contributed by atoms with Crippen LogP contribution >= 0.6 is 0 Å². The SMILES string of the molecule is CN(C(=O)NCCc1ccc(S(N)(=O)=O)cc1)C1CCCN(c2ccccc2)C1=O. The Balaban J connectivity index is 1.54. The highest BCUT2D eigenvalue weighted by molar-refractivity contribution is 7.89. The summed E-state index contributed by atoms with van der Waals surface area (Å²) < 4.78 is 22.6. The third kappa shape index (κ3) is 5.17. The highest BCUT2D eigenvalue weighted by Gasteiger charge is 2.34. The smallest absolute Gasteiger partial charge is 0.317 e. The standard InChI is InChI=1S/C21H26N4O4S/c1-24(19-8-5-15-25(20(19)26)17-6-3-2-4-7-17)21(27)23-14-13-16-9-11-18(12-10-16)30(22,28)29/h2-4,6-7,9-12,19H,5,8,13-15H2,1H3,(H,23,27)(H2,22,28,29). The molecule has 3 rings (SSSR count). The number of carbonyl (C=O) groups excluding carboxylic acids is 2. The van der Waals surface area contributed by atoms with Crippen molar-refractivity contribution in [1.82, 2.24) is 10.2 Å². The van der Waals surface area contributed by atoms with Gasteiger partial charge in [-0.1, -0.05) is 30.3 Å². The molecule has 0 aromatic heterocycles. The van der Waals surface area contributed by atoms with Crippen molar-refractivity contribution in [2.24, 2.45) is 5.14 Å².